The van der Waals surface area contributed by atoms with Crippen molar-refractivity contribution in [3.05, 3.63) is 21.9 Å². The Morgan fingerprint density at radius 3 is 2.82 bits per heavy atom. The molecule has 0 fully saturated rings. The van der Waals surface area contributed by atoms with E-state index in [-0.39, 0.29) is 23.2 Å². The average Bonchev–Trinajstić information content (AvgIpc) is 2.28. The Balaban J connectivity index is 2.79. The smallest absolute Gasteiger partial charge is 0.243 e. The van der Waals surface area contributed by atoms with Crippen LogP contribution in [0.1, 0.15) is 12.8 Å². The van der Waals surface area contributed by atoms with Gasteiger partial charge in [-0.05, 0) is 34.8 Å². The van der Waals surface area contributed by atoms with Gasteiger partial charge in [0.05, 0.1) is 0 Å². The van der Waals surface area contributed by atoms with E-state index in [1.165, 1.54) is 12.3 Å². The predicted molar refractivity (Wildman–Crippen MR) is 68.5 cm³/mol. The Morgan fingerprint density at radius 2 is 2.18 bits per heavy atom. The van der Waals surface area contributed by atoms with Gasteiger partial charge in [-0.3, -0.25) is 0 Å². The third-order valence-electron chi connectivity index (χ3n) is 1.94. The lowest BCUT2D eigenvalue weighted by molar-refractivity contribution is 0.285. The summed E-state index contributed by atoms with van der Waals surface area (Å²) < 4.78 is 26.6. The number of aromatic nitrogens is 1. The maximum Gasteiger partial charge on any atom is 0.243 e. The molecule has 0 aliphatic rings. The van der Waals surface area contributed by atoms with E-state index >= 15 is 0 Å². The molecule has 1 heterocycles. The summed E-state index contributed by atoms with van der Waals surface area (Å²) in [6, 6.07) is 1.39. The van der Waals surface area contributed by atoms with E-state index in [0.717, 1.165) is 0 Å². The van der Waals surface area contributed by atoms with Gasteiger partial charge in [0.2, 0.25) is 10.0 Å². The first-order valence-corrected chi connectivity index (χ1v) is 7.54. The lowest BCUT2D eigenvalue weighted by atomic mass is 10.3. The largest absolute Gasteiger partial charge is 0.396 e. The minimum absolute atomic E-state index is 0.0426. The fraction of sp³-hybridized carbons (Fsp3) is 0.444. The molecule has 0 bridgehead atoms. The lowest BCUT2D eigenvalue weighted by Crippen LogP contribution is -2.25. The van der Waals surface area contributed by atoms with Crippen LogP contribution in [0.15, 0.2) is 21.6 Å². The van der Waals surface area contributed by atoms with Gasteiger partial charge in [-0.1, -0.05) is 11.6 Å². The zero-order valence-electron chi connectivity index (χ0n) is 8.86. The van der Waals surface area contributed by atoms with E-state index in [2.05, 4.69) is 25.6 Å². The lowest BCUT2D eigenvalue weighted by Gasteiger charge is -2.07. The van der Waals surface area contributed by atoms with Crippen LogP contribution >= 0.6 is 27.5 Å². The maximum absolute atomic E-state index is 11.8. The van der Waals surface area contributed by atoms with E-state index < -0.39 is 10.0 Å². The van der Waals surface area contributed by atoms with Gasteiger partial charge in [0.1, 0.15) is 10.0 Å². The molecule has 0 unspecified atom stereocenters. The van der Waals surface area contributed by atoms with Gasteiger partial charge in [0.25, 0.3) is 0 Å². The number of rotatable bonds is 6. The molecule has 0 aliphatic heterocycles. The van der Waals surface area contributed by atoms with Crippen molar-refractivity contribution < 1.29 is 13.5 Å². The first-order valence-electron chi connectivity index (χ1n) is 4.89. The van der Waals surface area contributed by atoms with Crippen LogP contribution < -0.4 is 4.72 Å². The molecular weight excluding hydrogens is 332 g/mol. The Bertz CT molecular complexity index is 481. The van der Waals surface area contributed by atoms with Gasteiger partial charge in [-0.15, -0.1) is 0 Å². The highest BCUT2D eigenvalue weighted by Gasteiger charge is 2.18. The van der Waals surface area contributed by atoms with Gasteiger partial charge in [-0.2, -0.15) is 0 Å². The summed E-state index contributed by atoms with van der Waals surface area (Å²) >= 11 is 8.87. The summed E-state index contributed by atoms with van der Waals surface area (Å²) in [5.74, 6) is 0. The highest BCUT2D eigenvalue weighted by Crippen LogP contribution is 2.22. The second-order valence-corrected chi connectivity index (χ2v) is 6.28. The Labute approximate surface area is 113 Å². The first kappa shape index (κ1) is 14.8. The van der Waals surface area contributed by atoms with Crippen LogP contribution in [0.2, 0.25) is 5.15 Å². The topological polar surface area (TPSA) is 79.3 Å². The number of halogens is 2. The van der Waals surface area contributed by atoms with Gasteiger partial charge in [-0.25, -0.2) is 18.1 Å². The maximum atomic E-state index is 11.8. The number of sulfonamides is 1. The molecule has 0 aliphatic carbocycles. The van der Waals surface area contributed by atoms with Crippen LogP contribution in [-0.2, 0) is 10.0 Å². The summed E-state index contributed by atoms with van der Waals surface area (Å²) in [5.41, 5.74) is 0. The molecule has 0 saturated carbocycles. The summed E-state index contributed by atoms with van der Waals surface area (Å²) in [6.45, 7) is 0.298. The van der Waals surface area contributed by atoms with Crippen LogP contribution in [0.25, 0.3) is 0 Å². The normalized spacial score (nSPS) is 11.7. The van der Waals surface area contributed by atoms with Crippen molar-refractivity contribution >= 4 is 37.6 Å². The Kier molecular flexibility index (Phi) is 5.81. The number of hydrogen-bond acceptors (Lipinski definition) is 4. The quantitative estimate of drug-likeness (QED) is 0.607. The van der Waals surface area contributed by atoms with Crippen molar-refractivity contribution in [2.45, 2.75) is 17.7 Å². The second-order valence-electron chi connectivity index (χ2n) is 3.27. The van der Waals surface area contributed by atoms with E-state index in [9.17, 15) is 8.42 Å². The molecule has 1 aromatic rings. The minimum Gasteiger partial charge on any atom is -0.396 e. The standard InChI is InChI=1S/C9H12BrClN2O3S/c10-7-5-8(9(11)12-6-7)17(15,16)13-3-1-2-4-14/h5-6,13-14H,1-4H2. The molecule has 5 nitrogen and oxygen atoms in total. The van der Waals surface area contributed by atoms with Crippen molar-refractivity contribution in [2.75, 3.05) is 13.2 Å². The van der Waals surface area contributed by atoms with Crippen molar-refractivity contribution in [3.8, 4) is 0 Å². The summed E-state index contributed by atoms with van der Waals surface area (Å²) in [7, 11) is -3.65. The monoisotopic (exact) mass is 342 g/mol. The van der Waals surface area contributed by atoms with Crippen LogP contribution in [0, 0.1) is 0 Å². The number of pyridine rings is 1. The van der Waals surface area contributed by atoms with Gasteiger partial charge in [0.15, 0.2) is 0 Å². The van der Waals surface area contributed by atoms with Gasteiger partial charge >= 0.3 is 0 Å². The van der Waals surface area contributed by atoms with E-state index in [1.807, 2.05) is 0 Å². The molecule has 17 heavy (non-hydrogen) atoms. The van der Waals surface area contributed by atoms with Gasteiger partial charge < -0.3 is 5.11 Å². The van der Waals surface area contributed by atoms with Crippen LogP contribution in [0.4, 0.5) is 0 Å². The van der Waals surface area contributed by atoms with Crippen molar-refractivity contribution in [3.63, 3.8) is 0 Å². The van der Waals surface area contributed by atoms with E-state index in [0.29, 0.717) is 17.3 Å². The molecule has 0 radical (unpaired) electrons. The molecule has 0 amide bonds. The number of aliphatic hydroxyl groups excluding tert-OH is 1. The van der Waals surface area contributed by atoms with E-state index in [1.54, 1.807) is 0 Å². The Morgan fingerprint density at radius 1 is 1.47 bits per heavy atom. The molecule has 96 valence electrons. The zero-order chi connectivity index (χ0) is 12.9. The molecular formula is C9H12BrClN2O3S. The predicted octanol–water partition coefficient (Wildman–Crippen LogP) is 1.55. The molecule has 0 spiro atoms. The molecule has 0 saturated heterocycles. The molecule has 8 heteroatoms. The fourth-order valence-electron chi connectivity index (χ4n) is 1.11. The summed E-state index contributed by atoms with van der Waals surface area (Å²) in [6.07, 6.45) is 2.54. The first-order chi connectivity index (χ1) is 7.97. The van der Waals surface area contributed by atoms with Crippen LogP contribution in [-0.4, -0.2) is 31.7 Å². The fourth-order valence-corrected chi connectivity index (χ4v) is 3.13. The third kappa shape index (κ3) is 4.51. The molecule has 1 rings (SSSR count). The van der Waals surface area contributed by atoms with Crippen LogP contribution in [0.3, 0.4) is 0 Å². The third-order valence-corrected chi connectivity index (χ3v) is 4.26. The average molecular weight is 344 g/mol. The molecule has 1 aromatic heterocycles. The summed E-state index contributed by atoms with van der Waals surface area (Å²) in [5, 5.41) is 8.51. The van der Waals surface area contributed by atoms with Crippen LogP contribution in [0.5, 0.6) is 0 Å². The molecule has 2 N–H and O–H groups in total. The summed E-state index contributed by atoms with van der Waals surface area (Å²) in [4.78, 5) is 3.69. The number of nitrogens with one attached hydrogen (secondary N) is 1. The number of nitrogens with zero attached hydrogens (tertiary/aromatic N) is 1. The minimum atomic E-state index is -3.65. The number of hydrogen-bond donors (Lipinski definition) is 2. The molecule has 0 atom stereocenters. The van der Waals surface area contributed by atoms with Crippen molar-refractivity contribution in [1.82, 2.24) is 9.71 Å². The van der Waals surface area contributed by atoms with Gasteiger partial charge in [0, 0.05) is 23.8 Å². The SMILES string of the molecule is O=S(=O)(NCCCCO)c1cc(Br)cnc1Cl. The highest BCUT2D eigenvalue weighted by atomic mass is 79.9. The molecule has 0 aromatic carbocycles. The number of unbranched alkanes of at least 4 members (excludes halogenated alkanes) is 1. The van der Waals surface area contributed by atoms with Crippen molar-refractivity contribution in [2.24, 2.45) is 0 Å². The highest BCUT2D eigenvalue weighted by molar-refractivity contribution is 9.10. The Hall–Kier alpha value is -0.210. The second kappa shape index (κ2) is 6.65. The van der Waals surface area contributed by atoms with E-state index in [4.69, 9.17) is 16.7 Å². The number of aliphatic hydroxyl groups is 1. The van der Waals surface area contributed by atoms with Crippen molar-refractivity contribution in [1.29, 1.82) is 0 Å². The zero-order valence-corrected chi connectivity index (χ0v) is 12.0.